The number of hydrogen-bond donors (Lipinski definition) is 1. The first-order chi connectivity index (χ1) is 18.3. The Hall–Kier alpha value is -4.38. The molecule has 5 rings (SSSR count). The summed E-state index contributed by atoms with van der Waals surface area (Å²) in [6.07, 6.45) is 0.0623. The Bertz CT molecular complexity index is 1400. The molecule has 194 valence electrons. The molecule has 3 aromatic rings. The number of nitro benzene ring substituents is 1. The fourth-order valence-electron chi connectivity index (χ4n) is 4.74. The molecule has 1 N–H and O–H groups in total. The van der Waals surface area contributed by atoms with Gasteiger partial charge in [0.05, 0.1) is 27.4 Å². The molecule has 2 fully saturated rings. The van der Waals surface area contributed by atoms with Crippen LogP contribution in [0.15, 0.2) is 84.9 Å². The van der Waals surface area contributed by atoms with E-state index in [1.165, 1.54) is 29.2 Å². The Labute approximate surface area is 220 Å². The maximum Gasteiger partial charge on any atom is 0.330 e. The number of carbonyl (C=O) groups is 3. The van der Waals surface area contributed by atoms with Crippen molar-refractivity contribution in [1.82, 2.24) is 10.2 Å². The second kappa shape index (κ2) is 10.5. The first-order valence-electron chi connectivity index (χ1n) is 11.8. The van der Waals surface area contributed by atoms with E-state index in [2.05, 4.69) is 5.32 Å². The minimum atomic E-state index is -1.71. The number of nitrogens with one attached hydrogen (secondary N) is 1. The van der Waals surface area contributed by atoms with Crippen LogP contribution in [0.2, 0.25) is 0 Å². The standard InChI is InChI=1S/C27H23N3O7S/c31-21(15-17-7-3-1-4-8-17)28-22-25(32)29-23(24(38(36)26(22)29)19-9-5-2-6-10-19)27(33)37-16-18-11-13-20(14-12-18)30(34)35/h1-14,22-24,26H,15-16H2,(H,28,31)/t22-,23-,24+,26-,38?/m1/s1. The molecule has 10 nitrogen and oxygen atoms in total. The van der Waals surface area contributed by atoms with E-state index in [-0.39, 0.29) is 24.6 Å². The first-order valence-corrected chi connectivity index (χ1v) is 13.1. The highest BCUT2D eigenvalue weighted by atomic mass is 32.2. The minimum Gasteiger partial charge on any atom is -0.459 e. The molecule has 0 bridgehead atoms. The maximum absolute atomic E-state index is 13.6. The average Bonchev–Trinajstić information content (AvgIpc) is 3.21. The van der Waals surface area contributed by atoms with Gasteiger partial charge in [-0.3, -0.25) is 23.9 Å². The summed E-state index contributed by atoms with van der Waals surface area (Å²) >= 11 is 0. The van der Waals surface area contributed by atoms with E-state index < -0.39 is 50.3 Å². The van der Waals surface area contributed by atoms with E-state index in [0.717, 1.165) is 5.56 Å². The molecule has 0 aromatic heterocycles. The third-order valence-corrected chi connectivity index (χ3v) is 8.58. The van der Waals surface area contributed by atoms with Crippen LogP contribution < -0.4 is 5.32 Å². The number of non-ortho nitro benzene ring substituents is 1. The van der Waals surface area contributed by atoms with Gasteiger partial charge in [-0.15, -0.1) is 0 Å². The van der Waals surface area contributed by atoms with Crippen LogP contribution in [-0.4, -0.2) is 49.3 Å². The van der Waals surface area contributed by atoms with Gasteiger partial charge < -0.3 is 15.0 Å². The normalized spacial score (nSPS) is 23.7. The summed E-state index contributed by atoms with van der Waals surface area (Å²) in [5.74, 6) is -1.62. The van der Waals surface area contributed by atoms with Crippen molar-refractivity contribution >= 4 is 34.3 Å². The number of carbonyl (C=O) groups excluding carboxylic acids is 3. The van der Waals surface area contributed by atoms with Gasteiger partial charge in [0.2, 0.25) is 11.8 Å². The fourth-order valence-corrected chi connectivity index (χ4v) is 6.87. The second-order valence-electron chi connectivity index (χ2n) is 8.98. The molecule has 2 aliphatic heterocycles. The number of esters is 1. The van der Waals surface area contributed by atoms with Crippen molar-refractivity contribution in [2.24, 2.45) is 0 Å². The van der Waals surface area contributed by atoms with Crippen LogP contribution in [-0.2, 0) is 42.9 Å². The predicted molar refractivity (Wildman–Crippen MR) is 137 cm³/mol. The summed E-state index contributed by atoms with van der Waals surface area (Å²) < 4.78 is 19.1. The number of β-lactam (4-membered cyclic amide) rings is 1. The van der Waals surface area contributed by atoms with Gasteiger partial charge in [0, 0.05) is 12.1 Å². The molecular formula is C27H23N3O7S. The Morgan fingerprint density at radius 1 is 0.947 bits per heavy atom. The molecular weight excluding hydrogens is 510 g/mol. The summed E-state index contributed by atoms with van der Waals surface area (Å²) in [7, 11) is -1.71. The van der Waals surface area contributed by atoms with E-state index in [1.54, 1.807) is 42.5 Å². The van der Waals surface area contributed by atoms with Crippen LogP contribution in [0.25, 0.3) is 0 Å². The molecule has 0 radical (unpaired) electrons. The van der Waals surface area contributed by atoms with E-state index in [1.807, 2.05) is 18.2 Å². The number of ether oxygens (including phenoxy) is 1. The summed E-state index contributed by atoms with van der Waals surface area (Å²) in [6.45, 7) is -0.175. The summed E-state index contributed by atoms with van der Waals surface area (Å²) in [5, 5.41) is 11.8. The van der Waals surface area contributed by atoms with Gasteiger partial charge >= 0.3 is 5.97 Å². The van der Waals surface area contributed by atoms with Crippen molar-refractivity contribution < 1.29 is 28.3 Å². The molecule has 2 heterocycles. The van der Waals surface area contributed by atoms with Crippen molar-refractivity contribution in [2.45, 2.75) is 35.7 Å². The smallest absolute Gasteiger partial charge is 0.330 e. The van der Waals surface area contributed by atoms with Gasteiger partial charge in [-0.05, 0) is 28.8 Å². The Balaban J connectivity index is 1.34. The van der Waals surface area contributed by atoms with Crippen LogP contribution in [0.1, 0.15) is 21.9 Å². The summed E-state index contributed by atoms with van der Waals surface area (Å²) in [6, 6.07) is 21.2. The highest BCUT2D eigenvalue weighted by Gasteiger charge is 2.65. The van der Waals surface area contributed by atoms with Crippen molar-refractivity contribution in [2.75, 3.05) is 0 Å². The van der Waals surface area contributed by atoms with Crippen molar-refractivity contribution in [3.8, 4) is 0 Å². The van der Waals surface area contributed by atoms with Crippen LogP contribution in [0.4, 0.5) is 5.69 Å². The van der Waals surface area contributed by atoms with Gasteiger partial charge in [-0.25, -0.2) is 4.79 Å². The molecule has 0 spiro atoms. The highest BCUT2D eigenvalue weighted by molar-refractivity contribution is 7.86. The number of nitro groups is 1. The van der Waals surface area contributed by atoms with Gasteiger partial charge in [-0.2, -0.15) is 0 Å². The van der Waals surface area contributed by atoms with Gasteiger partial charge in [-0.1, -0.05) is 60.7 Å². The molecule has 1 unspecified atom stereocenters. The number of benzene rings is 3. The molecule has 3 aromatic carbocycles. The first kappa shape index (κ1) is 25.3. The quantitative estimate of drug-likeness (QED) is 0.203. The molecule has 2 amide bonds. The van der Waals surface area contributed by atoms with Gasteiger partial charge in [0.15, 0.2) is 0 Å². The number of rotatable bonds is 8. The monoisotopic (exact) mass is 533 g/mol. The minimum absolute atomic E-state index is 0.0623. The number of hydrogen-bond acceptors (Lipinski definition) is 7. The van der Waals surface area contributed by atoms with Crippen LogP contribution in [0.3, 0.4) is 0 Å². The lowest BCUT2D eigenvalue weighted by atomic mass is 9.98. The zero-order valence-electron chi connectivity index (χ0n) is 20.0. The molecule has 2 saturated heterocycles. The van der Waals surface area contributed by atoms with E-state index in [0.29, 0.717) is 11.1 Å². The van der Waals surface area contributed by atoms with Crippen LogP contribution in [0.5, 0.6) is 0 Å². The predicted octanol–water partition coefficient (Wildman–Crippen LogP) is 2.41. The van der Waals surface area contributed by atoms with E-state index >= 15 is 0 Å². The maximum atomic E-state index is 13.6. The molecule has 5 atom stereocenters. The molecule has 0 saturated carbocycles. The van der Waals surface area contributed by atoms with Crippen molar-refractivity contribution in [1.29, 1.82) is 0 Å². The fraction of sp³-hybridized carbons (Fsp3) is 0.222. The SMILES string of the molecule is O=C(Cc1ccccc1)N[C@@H]1C(=O)N2[C@@H]1S(=O)[C@@H](c1ccccc1)[C@@H]2C(=O)OCc1ccc([N+](=O)[O-])cc1. The van der Waals surface area contributed by atoms with Crippen LogP contribution >= 0.6 is 0 Å². The Morgan fingerprint density at radius 2 is 1.58 bits per heavy atom. The molecule has 11 heteroatoms. The zero-order chi connectivity index (χ0) is 26.8. The van der Waals surface area contributed by atoms with E-state index in [9.17, 15) is 28.7 Å². The van der Waals surface area contributed by atoms with E-state index in [4.69, 9.17) is 4.74 Å². The Morgan fingerprint density at radius 3 is 2.21 bits per heavy atom. The Kier molecular flexibility index (Phi) is 7.01. The third kappa shape index (κ3) is 4.80. The number of nitrogens with zero attached hydrogens (tertiary/aromatic N) is 2. The van der Waals surface area contributed by atoms with Crippen molar-refractivity contribution in [3.63, 3.8) is 0 Å². The number of amides is 2. The second-order valence-corrected chi connectivity index (χ2v) is 10.6. The molecule has 38 heavy (non-hydrogen) atoms. The highest BCUT2D eigenvalue weighted by Crippen LogP contribution is 2.45. The topological polar surface area (TPSA) is 136 Å². The summed E-state index contributed by atoms with van der Waals surface area (Å²) in [5.41, 5.74) is 1.82. The largest absolute Gasteiger partial charge is 0.459 e. The lowest BCUT2D eigenvalue weighted by molar-refractivity contribution is -0.384. The third-order valence-electron chi connectivity index (χ3n) is 6.58. The van der Waals surface area contributed by atoms with Crippen LogP contribution in [0, 0.1) is 10.1 Å². The molecule has 0 aliphatic carbocycles. The van der Waals surface area contributed by atoms with Crippen molar-refractivity contribution in [3.05, 3.63) is 112 Å². The lowest BCUT2D eigenvalue weighted by Gasteiger charge is -2.43. The lowest BCUT2D eigenvalue weighted by Crippen LogP contribution is -2.71. The molecule has 2 aliphatic rings. The van der Waals surface area contributed by atoms with Gasteiger partial charge in [0.1, 0.15) is 24.1 Å². The zero-order valence-corrected chi connectivity index (χ0v) is 20.8. The van der Waals surface area contributed by atoms with Gasteiger partial charge in [0.25, 0.3) is 5.69 Å². The summed E-state index contributed by atoms with van der Waals surface area (Å²) in [4.78, 5) is 50.7. The number of fused-ring (bicyclic) bond motifs is 1. The average molecular weight is 534 g/mol.